The quantitative estimate of drug-likeness (QED) is 0.732. The molecule has 104 valence electrons. The lowest BCUT2D eigenvalue weighted by Crippen LogP contribution is -2.11. The van der Waals surface area contributed by atoms with Crippen LogP contribution in [0.4, 0.5) is 0 Å². The van der Waals surface area contributed by atoms with Gasteiger partial charge < -0.3 is 9.47 Å². The van der Waals surface area contributed by atoms with Crippen LogP contribution in [-0.4, -0.2) is 25.5 Å². The van der Waals surface area contributed by atoms with Gasteiger partial charge in [0.05, 0.1) is 13.2 Å². The Morgan fingerprint density at radius 3 is 2.68 bits per heavy atom. The lowest BCUT2D eigenvalue weighted by Gasteiger charge is -2.19. The first-order valence-corrected chi connectivity index (χ1v) is 7.20. The molecule has 3 nitrogen and oxygen atoms in total. The molecule has 0 bridgehead atoms. The van der Waals surface area contributed by atoms with Crippen molar-refractivity contribution in [3.05, 3.63) is 23.3 Å². The molecule has 1 heterocycles. The molecule has 1 aromatic carbocycles. The van der Waals surface area contributed by atoms with Gasteiger partial charge in [-0.25, -0.2) is 0 Å². The SMILES string of the molecule is CCCCOc1cc2c(cc1OCC)CCN=C2C. The number of nitrogens with zero attached hydrogens (tertiary/aromatic N) is 1. The molecule has 3 heteroatoms. The molecule has 0 saturated heterocycles. The smallest absolute Gasteiger partial charge is 0.161 e. The molecule has 0 aromatic heterocycles. The van der Waals surface area contributed by atoms with Crippen molar-refractivity contribution in [3.8, 4) is 11.5 Å². The molecule has 1 aliphatic rings. The summed E-state index contributed by atoms with van der Waals surface area (Å²) in [5, 5.41) is 0. The first-order chi connectivity index (χ1) is 9.26. The first-order valence-electron chi connectivity index (χ1n) is 7.20. The standard InChI is InChI=1S/C16H23NO2/c1-4-6-9-19-16-11-14-12(3)17-8-7-13(14)10-15(16)18-5-2/h10-11H,4-9H2,1-3H3. The maximum absolute atomic E-state index is 5.86. The normalized spacial score (nSPS) is 13.7. The zero-order valence-electron chi connectivity index (χ0n) is 12.2. The van der Waals surface area contributed by atoms with Crippen molar-refractivity contribution in [1.29, 1.82) is 0 Å². The van der Waals surface area contributed by atoms with Gasteiger partial charge in [-0.2, -0.15) is 0 Å². The molecular weight excluding hydrogens is 238 g/mol. The molecule has 0 N–H and O–H groups in total. The van der Waals surface area contributed by atoms with Gasteiger partial charge in [-0.1, -0.05) is 13.3 Å². The zero-order chi connectivity index (χ0) is 13.7. The van der Waals surface area contributed by atoms with E-state index < -0.39 is 0 Å². The molecule has 0 unspecified atom stereocenters. The van der Waals surface area contributed by atoms with E-state index in [1.165, 1.54) is 11.1 Å². The van der Waals surface area contributed by atoms with Crippen molar-refractivity contribution in [1.82, 2.24) is 0 Å². The summed E-state index contributed by atoms with van der Waals surface area (Å²) in [4.78, 5) is 4.50. The fraction of sp³-hybridized carbons (Fsp3) is 0.562. The zero-order valence-corrected chi connectivity index (χ0v) is 12.2. The number of hydrogen-bond acceptors (Lipinski definition) is 3. The van der Waals surface area contributed by atoms with Crippen molar-refractivity contribution in [2.24, 2.45) is 4.99 Å². The van der Waals surface area contributed by atoms with Gasteiger partial charge in [0.2, 0.25) is 0 Å². The predicted octanol–water partition coefficient (Wildman–Crippen LogP) is 3.63. The lowest BCUT2D eigenvalue weighted by molar-refractivity contribution is 0.272. The second kappa shape index (κ2) is 6.60. The molecule has 0 saturated carbocycles. The van der Waals surface area contributed by atoms with E-state index in [0.717, 1.165) is 49.6 Å². The second-order valence-corrected chi connectivity index (χ2v) is 4.81. The summed E-state index contributed by atoms with van der Waals surface area (Å²) in [5.74, 6) is 1.72. The summed E-state index contributed by atoms with van der Waals surface area (Å²) in [5.41, 5.74) is 3.63. The van der Waals surface area contributed by atoms with Crippen LogP contribution in [-0.2, 0) is 6.42 Å². The van der Waals surface area contributed by atoms with E-state index in [0.29, 0.717) is 6.61 Å². The Hall–Kier alpha value is -1.51. The Bertz CT molecular complexity index is 466. The molecule has 0 atom stereocenters. The fourth-order valence-corrected chi connectivity index (χ4v) is 2.28. The average molecular weight is 261 g/mol. The summed E-state index contributed by atoms with van der Waals surface area (Å²) in [6.07, 6.45) is 3.19. The van der Waals surface area contributed by atoms with Crippen molar-refractivity contribution in [2.75, 3.05) is 19.8 Å². The molecule has 0 aliphatic carbocycles. The summed E-state index contributed by atoms with van der Waals surface area (Å²) >= 11 is 0. The first kappa shape index (κ1) is 13.9. The monoisotopic (exact) mass is 261 g/mol. The molecule has 2 rings (SSSR count). The molecular formula is C16H23NO2. The highest BCUT2D eigenvalue weighted by atomic mass is 16.5. The minimum Gasteiger partial charge on any atom is -0.490 e. The van der Waals surface area contributed by atoms with Gasteiger partial charge in [-0.05, 0) is 44.4 Å². The third kappa shape index (κ3) is 3.28. The predicted molar refractivity (Wildman–Crippen MR) is 78.8 cm³/mol. The molecule has 0 radical (unpaired) electrons. The van der Waals surface area contributed by atoms with Crippen LogP contribution in [0.2, 0.25) is 0 Å². The van der Waals surface area contributed by atoms with E-state index >= 15 is 0 Å². The van der Waals surface area contributed by atoms with Crippen LogP contribution in [0.15, 0.2) is 17.1 Å². The Balaban J connectivity index is 2.28. The van der Waals surface area contributed by atoms with Crippen molar-refractivity contribution in [2.45, 2.75) is 40.0 Å². The molecule has 0 spiro atoms. The van der Waals surface area contributed by atoms with Gasteiger partial charge in [0, 0.05) is 17.8 Å². The van der Waals surface area contributed by atoms with Crippen LogP contribution in [0.25, 0.3) is 0 Å². The van der Waals surface area contributed by atoms with Gasteiger partial charge in [0.15, 0.2) is 11.5 Å². The maximum Gasteiger partial charge on any atom is 0.161 e. The van der Waals surface area contributed by atoms with Crippen molar-refractivity contribution in [3.63, 3.8) is 0 Å². The summed E-state index contributed by atoms with van der Waals surface area (Å²) in [7, 11) is 0. The van der Waals surface area contributed by atoms with E-state index in [1.807, 2.05) is 6.92 Å². The van der Waals surface area contributed by atoms with Crippen LogP contribution < -0.4 is 9.47 Å². The Morgan fingerprint density at radius 2 is 1.95 bits per heavy atom. The Kier molecular flexibility index (Phi) is 4.83. The molecule has 0 fully saturated rings. The maximum atomic E-state index is 5.86. The largest absolute Gasteiger partial charge is 0.490 e. The highest BCUT2D eigenvalue weighted by Gasteiger charge is 2.16. The van der Waals surface area contributed by atoms with Gasteiger partial charge >= 0.3 is 0 Å². The van der Waals surface area contributed by atoms with Gasteiger partial charge in [0.25, 0.3) is 0 Å². The minimum atomic E-state index is 0.663. The third-order valence-electron chi connectivity index (χ3n) is 3.34. The second-order valence-electron chi connectivity index (χ2n) is 4.81. The van der Waals surface area contributed by atoms with Gasteiger partial charge in [0.1, 0.15) is 0 Å². The van der Waals surface area contributed by atoms with Crippen LogP contribution in [0, 0.1) is 0 Å². The molecule has 1 aliphatic heterocycles. The number of benzene rings is 1. The molecule has 19 heavy (non-hydrogen) atoms. The lowest BCUT2D eigenvalue weighted by atomic mass is 9.97. The van der Waals surface area contributed by atoms with Gasteiger partial charge in [-0.15, -0.1) is 0 Å². The van der Waals surface area contributed by atoms with E-state index in [-0.39, 0.29) is 0 Å². The van der Waals surface area contributed by atoms with E-state index in [2.05, 4.69) is 31.0 Å². The molecule has 1 aromatic rings. The van der Waals surface area contributed by atoms with Crippen LogP contribution >= 0.6 is 0 Å². The minimum absolute atomic E-state index is 0.663. The van der Waals surface area contributed by atoms with E-state index in [9.17, 15) is 0 Å². The van der Waals surface area contributed by atoms with Crippen molar-refractivity contribution >= 4 is 5.71 Å². The summed E-state index contributed by atoms with van der Waals surface area (Å²) in [6, 6.07) is 4.21. The average Bonchev–Trinajstić information content (AvgIpc) is 2.41. The van der Waals surface area contributed by atoms with Crippen LogP contribution in [0.3, 0.4) is 0 Å². The van der Waals surface area contributed by atoms with Crippen LogP contribution in [0.5, 0.6) is 11.5 Å². The van der Waals surface area contributed by atoms with E-state index in [1.54, 1.807) is 0 Å². The van der Waals surface area contributed by atoms with E-state index in [4.69, 9.17) is 9.47 Å². The molecule has 0 amide bonds. The fourth-order valence-electron chi connectivity index (χ4n) is 2.28. The number of aliphatic imine (C=N–C) groups is 1. The Morgan fingerprint density at radius 1 is 1.16 bits per heavy atom. The Labute approximate surface area is 115 Å². The van der Waals surface area contributed by atoms with Gasteiger partial charge in [-0.3, -0.25) is 4.99 Å². The number of fused-ring (bicyclic) bond motifs is 1. The number of hydrogen-bond donors (Lipinski definition) is 0. The highest BCUT2D eigenvalue weighted by Crippen LogP contribution is 2.33. The highest BCUT2D eigenvalue weighted by molar-refractivity contribution is 6.01. The topological polar surface area (TPSA) is 30.8 Å². The summed E-state index contributed by atoms with van der Waals surface area (Å²) < 4.78 is 11.6. The third-order valence-corrected chi connectivity index (χ3v) is 3.34. The van der Waals surface area contributed by atoms with Crippen molar-refractivity contribution < 1.29 is 9.47 Å². The summed E-state index contributed by atoms with van der Waals surface area (Å²) in [6.45, 7) is 8.51. The number of unbranched alkanes of at least 4 members (excludes halogenated alkanes) is 1. The van der Waals surface area contributed by atoms with Crippen LogP contribution in [0.1, 0.15) is 44.7 Å². The number of rotatable bonds is 6. The number of ether oxygens (including phenoxy) is 2.